The first-order valence-corrected chi connectivity index (χ1v) is 7.89. The van der Waals surface area contributed by atoms with Crippen molar-refractivity contribution < 1.29 is 9.32 Å². The van der Waals surface area contributed by atoms with Crippen molar-refractivity contribution in [3.8, 4) is 0 Å². The largest absolute Gasteiger partial charge is 0.361 e. The van der Waals surface area contributed by atoms with Gasteiger partial charge in [-0.05, 0) is 33.7 Å². The molecule has 1 saturated heterocycles. The van der Waals surface area contributed by atoms with Gasteiger partial charge in [0.2, 0.25) is 5.91 Å². The Morgan fingerprint density at radius 2 is 2.22 bits per heavy atom. The van der Waals surface area contributed by atoms with Crippen molar-refractivity contribution >= 4 is 11.6 Å². The van der Waals surface area contributed by atoms with Crippen molar-refractivity contribution in [2.45, 2.75) is 39.3 Å². The maximum atomic E-state index is 12.9. The quantitative estimate of drug-likeness (QED) is 0.858. The van der Waals surface area contributed by atoms with Crippen LogP contribution in [0.1, 0.15) is 29.9 Å². The van der Waals surface area contributed by atoms with Gasteiger partial charge in [0.25, 0.3) is 0 Å². The van der Waals surface area contributed by atoms with E-state index >= 15 is 0 Å². The van der Waals surface area contributed by atoms with Crippen LogP contribution in [0.5, 0.6) is 0 Å². The van der Waals surface area contributed by atoms with Gasteiger partial charge < -0.3 is 9.42 Å². The van der Waals surface area contributed by atoms with Crippen molar-refractivity contribution in [3.63, 3.8) is 0 Å². The van der Waals surface area contributed by atoms with E-state index in [9.17, 15) is 4.79 Å². The molecular formula is C16H23N5O2. The van der Waals surface area contributed by atoms with Gasteiger partial charge in [0.15, 0.2) is 0 Å². The van der Waals surface area contributed by atoms with Crippen molar-refractivity contribution in [3.05, 3.63) is 29.4 Å². The number of likely N-dealkylation sites (N-methyl/N-ethyl adjacent to an activating group) is 1. The van der Waals surface area contributed by atoms with E-state index in [-0.39, 0.29) is 11.9 Å². The fourth-order valence-corrected chi connectivity index (χ4v) is 3.16. The number of amides is 1. The summed E-state index contributed by atoms with van der Waals surface area (Å²) in [4.78, 5) is 16.8. The fourth-order valence-electron chi connectivity index (χ4n) is 3.16. The molecule has 1 atom stereocenters. The number of aryl methyl sites for hydroxylation is 3. The number of hydrogen-bond donors (Lipinski definition) is 0. The summed E-state index contributed by atoms with van der Waals surface area (Å²) in [5.74, 6) is 0.959. The van der Waals surface area contributed by atoms with Crippen molar-refractivity contribution in [1.29, 1.82) is 0 Å². The zero-order valence-electron chi connectivity index (χ0n) is 14.1. The van der Waals surface area contributed by atoms with E-state index in [4.69, 9.17) is 4.52 Å². The molecule has 23 heavy (non-hydrogen) atoms. The first kappa shape index (κ1) is 15.7. The molecule has 0 aromatic carbocycles. The molecule has 7 nitrogen and oxygen atoms in total. The van der Waals surface area contributed by atoms with Gasteiger partial charge in [0.05, 0.1) is 23.6 Å². The second-order valence-electron chi connectivity index (χ2n) is 6.24. The fraction of sp³-hybridized carbons (Fsp3) is 0.562. The molecule has 0 N–H and O–H groups in total. The molecule has 0 radical (unpaired) electrons. The molecule has 2 aromatic rings. The van der Waals surface area contributed by atoms with Crippen LogP contribution >= 0.6 is 0 Å². The number of carbonyl (C=O) groups is 1. The number of nitrogens with zero attached hydrogens (tertiary/aromatic N) is 5. The number of anilines is 1. The topological polar surface area (TPSA) is 67.4 Å². The van der Waals surface area contributed by atoms with E-state index in [0.29, 0.717) is 6.54 Å². The van der Waals surface area contributed by atoms with Crippen LogP contribution in [0.25, 0.3) is 0 Å². The van der Waals surface area contributed by atoms with Gasteiger partial charge in [-0.15, -0.1) is 0 Å². The predicted molar refractivity (Wildman–Crippen MR) is 86.0 cm³/mol. The van der Waals surface area contributed by atoms with E-state index in [1.807, 2.05) is 39.0 Å². The molecule has 2 aromatic heterocycles. The van der Waals surface area contributed by atoms with Gasteiger partial charge in [-0.25, -0.2) is 0 Å². The minimum absolute atomic E-state index is 0.127. The van der Waals surface area contributed by atoms with E-state index < -0.39 is 0 Å². The van der Waals surface area contributed by atoms with Crippen LogP contribution in [0.15, 0.2) is 16.9 Å². The number of rotatable bonds is 4. The Hall–Kier alpha value is -2.15. The first-order chi connectivity index (χ1) is 11.0. The third-order valence-electron chi connectivity index (χ3n) is 4.53. The molecule has 0 spiro atoms. The van der Waals surface area contributed by atoms with Crippen molar-refractivity contribution in [2.75, 3.05) is 18.5 Å². The maximum Gasteiger partial charge on any atom is 0.244 e. The molecule has 1 aliphatic rings. The molecule has 1 amide bonds. The first-order valence-electron chi connectivity index (χ1n) is 7.89. The van der Waals surface area contributed by atoms with Crippen molar-refractivity contribution in [1.82, 2.24) is 19.8 Å². The SMILES string of the molecule is Cc1noc(C)c1CN(C)C1CCCN(c2cnn(C)c2)C1=O. The van der Waals surface area contributed by atoms with Gasteiger partial charge in [-0.1, -0.05) is 5.16 Å². The number of hydrogen-bond acceptors (Lipinski definition) is 5. The molecule has 3 rings (SSSR count). The molecule has 124 valence electrons. The van der Waals surface area contributed by atoms with E-state index in [0.717, 1.165) is 42.1 Å². The smallest absolute Gasteiger partial charge is 0.244 e. The Bertz CT molecular complexity index is 686. The van der Waals surface area contributed by atoms with Crippen LogP contribution in [0, 0.1) is 13.8 Å². The molecule has 0 bridgehead atoms. The maximum absolute atomic E-state index is 12.9. The van der Waals surface area contributed by atoms with E-state index in [1.54, 1.807) is 10.9 Å². The highest BCUT2D eigenvalue weighted by molar-refractivity contribution is 5.97. The summed E-state index contributed by atoms with van der Waals surface area (Å²) < 4.78 is 6.94. The molecule has 3 heterocycles. The van der Waals surface area contributed by atoms with Gasteiger partial charge >= 0.3 is 0 Å². The van der Waals surface area contributed by atoms with Gasteiger partial charge in [0.1, 0.15) is 5.76 Å². The lowest BCUT2D eigenvalue weighted by atomic mass is 10.0. The molecule has 0 saturated carbocycles. The molecule has 0 aliphatic carbocycles. The van der Waals surface area contributed by atoms with Gasteiger partial charge in [-0.2, -0.15) is 5.10 Å². The van der Waals surface area contributed by atoms with E-state index in [2.05, 4.69) is 15.2 Å². The second-order valence-corrected chi connectivity index (χ2v) is 6.24. The molecule has 7 heteroatoms. The summed E-state index contributed by atoms with van der Waals surface area (Å²) in [7, 11) is 3.85. The molecule has 1 fully saturated rings. The van der Waals surface area contributed by atoms with Crippen LogP contribution in [0.3, 0.4) is 0 Å². The standard InChI is InChI=1S/C16H23N5O2/c1-11-14(12(2)23-18-11)10-19(3)15-6-5-7-21(16(15)22)13-8-17-20(4)9-13/h8-9,15H,5-7,10H2,1-4H3. The summed E-state index contributed by atoms with van der Waals surface area (Å²) in [6.45, 7) is 5.26. The normalized spacial score (nSPS) is 18.9. The third-order valence-corrected chi connectivity index (χ3v) is 4.53. The Labute approximate surface area is 135 Å². The monoisotopic (exact) mass is 317 g/mol. The minimum atomic E-state index is -0.127. The van der Waals surface area contributed by atoms with E-state index in [1.165, 1.54) is 0 Å². The Morgan fingerprint density at radius 1 is 1.43 bits per heavy atom. The van der Waals surface area contributed by atoms with Gasteiger partial charge in [-0.3, -0.25) is 14.4 Å². The van der Waals surface area contributed by atoms with Crippen molar-refractivity contribution in [2.24, 2.45) is 7.05 Å². The Kier molecular flexibility index (Phi) is 4.21. The lowest BCUT2D eigenvalue weighted by molar-refractivity contribution is -0.125. The predicted octanol–water partition coefficient (Wildman–Crippen LogP) is 1.65. The zero-order chi connectivity index (χ0) is 16.6. The van der Waals surface area contributed by atoms with Crippen LogP contribution in [-0.2, 0) is 18.4 Å². The highest BCUT2D eigenvalue weighted by Crippen LogP contribution is 2.24. The minimum Gasteiger partial charge on any atom is -0.361 e. The summed E-state index contributed by atoms with van der Waals surface area (Å²) in [6, 6.07) is -0.127. The summed E-state index contributed by atoms with van der Waals surface area (Å²) in [5.41, 5.74) is 2.83. The van der Waals surface area contributed by atoms with Gasteiger partial charge in [0, 0.05) is 31.9 Å². The van der Waals surface area contributed by atoms with Crippen LogP contribution in [0.2, 0.25) is 0 Å². The molecule has 1 unspecified atom stereocenters. The highest BCUT2D eigenvalue weighted by atomic mass is 16.5. The highest BCUT2D eigenvalue weighted by Gasteiger charge is 2.33. The second kappa shape index (κ2) is 6.16. The van der Waals surface area contributed by atoms with Crippen LogP contribution < -0.4 is 4.90 Å². The summed E-state index contributed by atoms with van der Waals surface area (Å²) in [5, 5.41) is 8.16. The lowest BCUT2D eigenvalue weighted by Crippen LogP contribution is -2.51. The number of carbonyl (C=O) groups excluding carboxylic acids is 1. The number of piperidine rings is 1. The zero-order valence-corrected chi connectivity index (χ0v) is 14.1. The lowest BCUT2D eigenvalue weighted by Gasteiger charge is -2.36. The van der Waals surface area contributed by atoms with Crippen LogP contribution in [-0.4, -0.2) is 45.4 Å². The summed E-state index contributed by atoms with van der Waals surface area (Å²) >= 11 is 0. The Morgan fingerprint density at radius 3 is 2.83 bits per heavy atom. The average molecular weight is 317 g/mol. The Balaban J connectivity index is 1.75. The third kappa shape index (κ3) is 3.01. The molecule has 1 aliphatic heterocycles. The molecular weight excluding hydrogens is 294 g/mol. The number of aromatic nitrogens is 3. The average Bonchev–Trinajstić information content (AvgIpc) is 3.08. The summed E-state index contributed by atoms with van der Waals surface area (Å²) in [6.07, 6.45) is 5.48. The van der Waals surface area contributed by atoms with Crippen LogP contribution in [0.4, 0.5) is 5.69 Å².